The third kappa shape index (κ3) is 2.53. The van der Waals surface area contributed by atoms with Crippen LogP contribution in [-0.2, 0) is 13.6 Å². The van der Waals surface area contributed by atoms with Crippen LogP contribution in [0.25, 0.3) is 0 Å². The number of aromatic nitrogens is 2. The minimum Gasteiger partial charge on any atom is -0.494 e. The van der Waals surface area contributed by atoms with Crippen LogP contribution < -0.4 is 15.8 Å². The van der Waals surface area contributed by atoms with Gasteiger partial charge in [-0.2, -0.15) is 5.10 Å². The lowest BCUT2D eigenvalue weighted by atomic mass is 10.2. The Labute approximate surface area is 104 Å². The molecule has 0 aliphatic rings. The number of halogens is 1. The van der Waals surface area contributed by atoms with Crippen LogP contribution in [0.15, 0.2) is 24.4 Å². The maximum Gasteiger partial charge on any atom is 0.167 e. The first-order valence-corrected chi connectivity index (χ1v) is 5.45. The number of hydrogen-bond acceptors (Lipinski definition) is 4. The largest absolute Gasteiger partial charge is 0.494 e. The zero-order valence-corrected chi connectivity index (χ0v) is 10.3. The lowest BCUT2D eigenvalue weighted by molar-refractivity contribution is 0.387. The van der Waals surface area contributed by atoms with Crippen LogP contribution in [-0.4, -0.2) is 16.9 Å². The van der Waals surface area contributed by atoms with E-state index >= 15 is 0 Å². The average Bonchev–Trinajstić information content (AvgIpc) is 2.74. The summed E-state index contributed by atoms with van der Waals surface area (Å²) in [5.41, 5.74) is 7.57. The first kappa shape index (κ1) is 12.2. The average molecular weight is 250 g/mol. The molecule has 0 fully saturated rings. The summed E-state index contributed by atoms with van der Waals surface area (Å²) >= 11 is 0. The number of rotatable bonds is 4. The maximum atomic E-state index is 13.3. The van der Waals surface area contributed by atoms with E-state index in [4.69, 9.17) is 10.5 Å². The molecule has 0 saturated heterocycles. The zero-order valence-electron chi connectivity index (χ0n) is 10.3. The maximum absolute atomic E-state index is 13.3. The van der Waals surface area contributed by atoms with E-state index in [1.807, 2.05) is 19.3 Å². The van der Waals surface area contributed by atoms with Gasteiger partial charge in [0.05, 0.1) is 30.7 Å². The fraction of sp³-hybridized carbons (Fsp3) is 0.250. The van der Waals surface area contributed by atoms with Crippen molar-refractivity contribution in [2.75, 3.05) is 18.2 Å². The van der Waals surface area contributed by atoms with Gasteiger partial charge < -0.3 is 15.8 Å². The number of ether oxygens (including phenoxy) is 1. The molecule has 0 atom stereocenters. The summed E-state index contributed by atoms with van der Waals surface area (Å²) in [6.45, 7) is 0.514. The van der Waals surface area contributed by atoms with Gasteiger partial charge in [0.25, 0.3) is 0 Å². The highest BCUT2D eigenvalue weighted by atomic mass is 19.1. The molecule has 0 radical (unpaired) electrons. The van der Waals surface area contributed by atoms with E-state index in [9.17, 15) is 4.39 Å². The van der Waals surface area contributed by atoms with E-state index in [2.05, 4.69) is 10.4 Å². The molecular formula is C12H15FN4O. The summed E-state index contributed by atoms with van der Waals surface area (Å²) in [6, 6.07) is 4.66. The second-order valence-electron chi connectivity index (χ2n) is 3.91. The van der Waals surface area contributed by atoms with E-state index < -0.39 is 5.82 Å². The third-order valence-electron chi connectivity index (χ3n) is 2.55. The molecule has 0 spiro atoms. The van der Waals surface area contributed by atoms with Crippen LogP contribution in [0.4, 0.5) is 15.8 Å². The van der Waals surface area contributed by atoms with Gasteiger partial charge in [0, 0.05) is 25.4 Å². The van der Waals surface area contributed by atoms with Gasteiger partial charge in [-0.3, -0.25) is 4.68 Å². The van der Waals surface area contributed by atoms with Crippen molar-refractivity contribution >= 4 is 11.4 Å². The Kier molecular flexibility index (Phi) is 3.36. The highest BCUT2D eigenvalue weighted by Crippen LogP contribution is 2.28. The summed E-state index contributed by atoms with van der Waals surface area (Å²) in [5.74, 6) is -0.314. The Morgan fingerprint density at radius 2 is 2.28 bits per heavy atom. The fourth-order valence-corrected chi connectivity index (χ4v) is 1.62. The molecule has 0 aliphatic carbocycles. The number of nitrogens with two attached hydrogens (primary N) is 1. The number of benzene rings is 1. The Morgan fingerprint density at radius 3 is 2.89 bits per heavy atom. The number of anilines is 2. The van der Waals surface area contributed by atoms with Crippen LogP contribution in [0.1, 0.15) is 5.69 Å². The van der Waals surface area contributed by atoms with Crippen molar-refractivity contribution in [3.63, 3.8) is 0 Å². The van der Waals surface area contributed by atoms with Crippen molar-refractivity contribution in [3.8, 4) is 5.75 Å². The Balaban J connectivity index is 2.13. The lowest BCUT2D eigenvalue weighted by Crippen LogP contribution is -2.05. The molecular weight excluding hydrogens is 235 g/mol. The highest BCUT2D eigenvalue weighted by Gasteiger charge is 2.08. The second kappa shape index (κ2) is 4.95. The molecule has 1 aromatic carbocycles. The molecule has 1 aromatic heterocycles. The van der Waals surface area contributed by atoms with Crippen molar-refractivity contribution < 1.29 is 9.13 Å². The van der Waals surface area contributed by atoms with E-state index in [-0.39, 0.29) is 5.75 Å². The Hall–Kier alpha value is -2.24. The molecule has 0 unspecified atom stereocenters. The van der Waals surface area contributed by atoms with Crippen LogP contribution in [0.3, 0.4) is 0 Å². The Morgan fingerprint density at radius 1 is 1.50 bits per heavy atom. The predicted octanol–water partition coefficient (Wildman–Crippen LogP) is 1.76. The van der Waals surface area contributed by atoms with Crippen molar-refractivity contribution in [1.82, 2.24) is 9.78 Å². The topological polar surface area (TPSA) is 65.1 Å². The van der Waals surface area contributed by atoms with Crippen molar-refractivity contribution in [2.24, 2.45) is 7.05 Å². The van der Waals surface area contributed by atoms with E-state index in [1.54, 1.807) is 4.68 Å². The van der Waals surface area contributed by atoms with Gasteiger partial charge in [0.1, 0.15) is 0 Å². The molecule has 0 amide bonds. The first-order valence-electron chi connectivity index (χ1n) is 5.45. The number of hydrogen-bond donors (Lipinski definition) is 2. The van der Waals surface area contributed by atoms with E-state index in [0.717, 1.165) is 5.69 Å². The SMILES string of the molecule is COc1cc(NCc2ccn(C)n2)c(N)cc1F. The van der Waals surface area contributed by atoms with Gasteiger partial charge >= 0.3 is 0 Å². The minimum absolute atomic E-state index is 0.160. The second-order valence-corrected chi connectivity index (χ2v) is 3.91. The molecule has 18 heavy (non-hydrogen) atoms. The van der Waals surface area contributed by atoms with E-state index in [1.165, 1.54) is 19.2 Å². The number of methoxy groups -OCH3 is 1. The lowest BCUT2D eigenvalue weighted by Gasteiger charge is -2.10. The molecule has 5 nitrogen and oxygen atoms in total. The van der Waals surface area contributed by atoms with Gasteiger partial charge in [-0.25, -0.2) is 4.39 Å². The quantitative estimate of drug-likeness (QED) is 0.811. The summed E-state index contributed by atoms with van der Waals surface area (Å²) in [6.07, 6.45) is 1.85. The smallest absolute Gasteiger partial charge is 0.167 e. The van der Waals surface area contributed by atoms with Crippen LogP contribution >= 0.6 is 0 Å². The summed E-state index contributed by atoms with van der Waals surface area (Å²) < 4.78 is 20.0. The van der Waals surface area contributed by atoms with Crippen molar-refractivity contribution in [3.05, 3.63) is 35.9 Å². The zero-order chi connectivity index (χ0) is 13.1. The van der Waals surface area contributed by atoms with E-state index in [0.29, 0.717) is 17.9 Å². The minimum atomic E-state index is -0.474. The molecule has 2 rings (SSSR count). The fourth-order valence-electron chi connectivity index (χ4n) is 1.62. The van der Waals surface area contributed by atoms with Crippen molar-refractivity contribution in [1.29, 1.82) is 0 Å². The standard InChI is InChI=1S/C12H15FN4O/c1-17-4-3-8(16-17)7-15-11-6-12(18-2)9(13)5-10(11)14/h3-6,15H,7,14H2,1-2H3. The van der Waals surface area contributed by atoms with Gasteiger partial charge in [0.15, 0.2) is 11.6 Å². The van der Waals surface area contributed by atoms with Crippen molar-refractivity contribution in [2.45, 2.75) is 6.54 Å². The summed E-state index contributed by atoms with van der Waals surface area (Å²) in [7, 11) is 3.26. The Bertz CT molecular complexity index is 553. The number of aryl methyl sites for hydroxylation is 1. The molecule has 0 saturated carbocycles. The molecule has 0 aliphatic heterocycles. The predicted molar refractivity (Wildman–Crippen MR) is 67.9 cm³/mol. The molecule has 1 heterocycles. The molecule has 3 N–H and O–H groups in total. The molecule has 6 heteroatoms. The van der Waals surface area contributed by atoms with Crippen LogP contribution in [0.5, 0.6) is 5.75 Å². The van der Waals surface area contributed by atoms with Gasteiger partial charge in [-0.1, -0.05) is 0 Å². The molecule has 96 valence electrons. The number of nitrogens with one attached hydrogen (secondary N) is 1. The molecule has 2 aromatic rings. The highest BCUT2D eigenvalue weighted by molar-refractivity contribution is 5.68. The normalized spacial score (nSPS) is 10.4. The van der Waals surface area contributed by atoms with Gasteiger partial charge in [0.2, 0.25) is 0 Å². The molecule has 0 bridgehead atoms. The third-order valence-corrected chi connectivity index (χ3v) is 2.55. The number of nitrogen functional groups attached to an aromatic ring is 1. The monoisotopic (exact) mass is 250 g/mol. The van der Waals surface area contributed by atoms with Crippen LogP contribution in [0.2, 0.25) is 0 Å². The summed E-state index contributed by atoms with van der Waals surface area (Å²) in [5, 5.41) is 7.32. The number of nitrogens with zero attached hydrogens (tertiary/aromatic N) is 2. The van der Waals surface area contributed by atoms with Crippen LogP contribution in [0, 0.1) is 5.82 Å². The summed E-state index contributed by atoms with van der Waals surface area (Å²) in [4.78, 5) is 0. The van der Waals surface area contributed by atoms with Gasteiger partial charge in [-0.05, 0) is 6.07 Å². The van der Waals surface area contributed by atoms with Gasteiger partial charge in [-0.15, -0.1) is 0 Å². The first-order chi connectivity index (χ1) is 8.60.